The fraction of sp³-hybridized carbons (Fsp3) is 0.562. The van der Waals surface area contributed by atoms with Crippen LogP contribution in [0.15, 0.2) is 22.6 Å². The van der Waals surface area contributed by atoms with Crippen LogP contribution in [-0.2, 0) is 4.74 Å². The number of halogens is 1. The topological polar surface area (TPSA) is 50.5 Å². The van der Waals surface area contributed by atoms with Crippen molar-refractivity contribution in [3.8, 4) is 0 Å². The highest BCUT2D eigenvalue weighted by Gasteiger charge is 2.21. The number of rotatable bonds is 5. The lowest BCUT2D eigenvalue weighted by molar-refractivity contribution is -0.0246. The van der Waals surface area contributed by atoms with Crippen LogP contribution in [-0.4, -0.2) is 48.8 Å². The van der Waals surface area contributed by atoms with E-state index in [4.69, 9.17) is 9.15 Å². The van der Waals surface area contributed by atoms with Crippen molar-refractivity contribution in [1.29, 1.82) is 0 Å². The van der Waals surface area contributed by atoms with Gasteiger partial charge in [0, 0.05) is 32.2 Å². The highest BCUT2D eigenvalue weighted by Crippen LogP contribution is 2.20. The number of hydrogen-bond donors (Lipinski definition) is 1. The lowest BCUT2D eigenvalue weighted by Gasteiger charge is -2.33. The minimum atomic E-state index is -0.313. The van der Waals surface area contributed by atoms with Gasteiger partial charge in [-0.3, -0.25) is 4.90 Å². The molecule has 5 nitrogen and oxygen atoms in total. The van der Waals surface area contributed by atoms with Gasteiger partial charge < -0.3 is 14.5 Å². The maximum absolute atomic E-state index is 13.1. The van der Waals surface area contributed by atoms with Gasteiger partial charge in [0.15, 0.2) is 5.58 Å². The first-order valence-corrected chi connectivity index (χ1v) is 7.74. The van der Waals surface area contributed by atoms with Crippen LogP contribution in [0.5, 0.6) is 0 Å². The maximum atomic E-state index is 13.1. The third-order valence-electron chi connectivity index (χ3n) is 3.68. The summed E-state index contributed by atoms with van der Waals surface area (Å²) in [6.45, 7) is 8.79. The number of anilines is 1. The van der Waals surface area contributed by atoms with Crippen LogP contribution in [0.1, 0.15) is 13.8 Å². The molecule has 1 N–H and O–H groups in total. The van der Waals surface area contributed by atoms with Crippen LogP contribution in [0, 0.1) is 11.7 Å². The molecule has 0 aliphatic carbocycles. The standard InChI is InChI=1S/C16H22FN3O2/c1-11(2)9-20-5-6-21-13(10-20)8-18-16-19-14-7-12(17)3-4-15(14)22-16/h3-4,7,11,13H,5-6,8-10H2,1-2H3,(H,18,19)/t13-/m0/s1. The van der Waals surface area contributed by atoms with E-state index >= 15 is 0 Å². The van der Waals surface area contributed by atoms with Crippen LogP contribution in [0.25, 0.3) is 11.1 Å². The maximum Gasteiger partial charge on any atom is 0.295 e. The number of hydrogen-bond acceptors (Lipinski definition) is 5. The molecule has 1 aliphatic heterocycles. The van der Waals surface area contributed by atoms with Gasteiger partial charge in [-0.2, -0.15) is 4.98 Å². The molecule has 1 saturated heterocycles. The molecule has 1 aromatic heterocycles. The van der Waals surface area contributed by atoms with Crippen molar-refractivity contribution in [3.05, 3.63) is 24.0 Å². The SMILES string of the molecule is CC(C)CN1CCO[C@@H](CNc2nc3cc(F)ccc3o2)C1. The Labute approximate surface area is 129 Å². The molecule has 0 radical (unpaired) electrons. The van der Waals surface area contributed by atoms with Crippen molar-refractivity contribution < 1.29 is 13.5 Å². The Hall–Kier alpha value is -1.66. The summed E-state index contributed by atoms with van der Waals surface area (Å²) < 4.78 is 24.5. The molecule has 120 valence electrons. The van der Waals surface area contributed by atoms with E-state index in [2.05, 4.69) is 29.0 Å². The predicted molar refractivity (Wildman–Crippen MR) is 83.5 cm³/mol. The predicted octanol–water partition coefficient (Wildman–Crippen LogP) is 2.74. The Morgan fingerprint density at radius 2 is 2.32 bits per heavy atom. The fourth-order valence-corrected chi connectivity index (χ4v) is 2.76. The highest BCUT2D eigenvalue weighted by molar-refractivity contribution is 5.74. The Bertz CT molecular complexity index is 629. The third kappa shape index (κ3) is 3.75. The largest absolute Gasteiger partial charge is 0.424 e. The van der Waals surface area contributed by atoms with Gasteiger partial charge in [-0.05, 0) is 18.1 Å². The van der Waals surface area contributed by atoms with E-state index in [-0.39, 0.29) is 11.9 Å². The summed E-state index contributed by atoms with van der Waals surface area (Å²) in [7, 11) is 0. The Kier molecular flexibility index (Phi) is 4.59. The molecule has 6 heteroatoms. The van der Waals surface area contributed by atoms with Gasteiger partial charge in [0.25, 0.3) is 6.01 Å². The number of oxazole rings is 1. The molecule has 2 heterocycles. The van der Waals surface area contributed by atoms with E-state index in [1.54, 1.807) is 6.07 Å². The first-order valence-electron chi connectivity index (χ1n) is 7.74. The molecule has 1 fully saturated rings. The zero-order valence-electron chi connectivity index (χ0n) is 13.0. The Morgan fingerprint density at radius 3 is 3.14 bits per heavy atom. The van der Waals surface area contributed by atoms with Gasteiger partial charge in [-0.25, -0.2) is 4.39 Å². The summed E-state index contributed by atoms with van der Waals surface area (Å²) in [5.74, 6) is 0.339. The molecule has 0 amide bonds. The summed E-state index contributed by atoms with van der Waals surface area (Å²) in [5.41, 5.74) is 1.10. The van der Waals surface area contributed by atoms with Gasteiger partial charge >= 0.3 is 0 Å². The first-order chi connectivity index (χ1) is 10.6. The van der Waals surface area contributed by atoms with Crippen molar-refractivity contribution in [2.75, 3.05) is 38.1 Å². The number of nitrogens with zero attached hydrogens (tertiary/aromatic N) is 2. The summed E-state index contributed by atoms with van der Waals surface area (Å²) in [5, 5.41) is 3.15. The second kappa shape index (κ2) is 6.62. The number of aromatic nitrogens is 1. The van der Waals surface area contributed by atoms with Crippen molar-refractivity contribution in [2.24, 2.45) is 5.92 Å². The first kappa shape index (κ1) is 15.2. The molecule has 22 heavy (non-hydrogen) atoms. The van der Waals surface area contributed by atoms with E-state index in [1.807, 2.05) is 0 Å². The molecule has 1 aliphatic rings. The lowest BCUT2D eigenvalue weighted by atomic mass is 10.2. The molecular weight excluding hydrogens is 285 g/mol. The van der Waals surface area contributed by atoms with Crippen LogP contribution < -0.4 is 5.32 Å². The average molecular weight is 307 g/mol. The third-order valence-corrected chi connectivity index (χ3v) is 3.68. The molecule has 0 spiro atoms. The lowest BCUT2D eigenvalue weighted by Crippen LogP contribution is -2.46. The molecular formula is C16H22FN3O2. The molecule has 2 aromatic rings. The Morgan fingerprint density at radius 1 is 1.45 bits per heavy atom. The van der Waals surface area contributed by atoms with Gasteiger partial charge in [-0.1, -0.05) is 13.8 Å². The second-order valence-corrected chi connectivity index (χ2v) is 6.16. The zero-order valence-corrected chi connectivity index (χ0v) is 13.0. The summed E-state index contributed by atoms with van der Waals surface area (Å²) in [4.78, 5) is 6.66. The van der Waals surface area contributed by atoms with Crippen molar-refractivity contribution >= 4 is 17.1 Å². The summed E-state index contributed by atoms with van der Waals surface area (Å²) in [6, 6.07) is 4.73. The Balaban J connectivity index is 1.56. The van der Waals surface area contributed by atoms with Crippen LogP contribution in [0.3, 0.4) is 0 Å². The van der Waals surface area contributed by atoms with E-state index in [0.29, 0.717) is 29.6 Å². The number of fused-ring (bicyclic) bond motifs is 1. The van der Waals surface area contributed by atoms with E-state index in [9.17, 15) is 4.39 Å². The average Bonchev–Trinajstić information content (AvgIpc) is 2.87. The van der Waals surface area contributed by atoms with Gasteiger partial charge in [0.2, 0.25) is 0 Å². The van der Waals surface area contributed by atoms with Gasteiger partial charge in [0.05, 0.1) is 12.7 Å². The number of nitrogens with one attached hydrogen (secondary N) is 1. The molecule has 0 unspecified atom stereocenters. The quantitative estimate of drug-likeness (QED) is 0.920. The van der Waals surface area contributed by atoms with Gasteiger partial charge in [-0.15, -0.1) is 0 Å². The molecule has 0 bridgehead atoms. The fourth-order valence-electron chi connectivity index (χ4n) is 2.76. The normalized spacial score (nSPS) is 19.9. The van der Waals surface area contributed by atoms with Crippen LogP contribution >= 0.6 is 0 Å². The minimum Gasteiger partial charge on any atom is -0.424 e. The zero-order chi connectivity index (χ0) is 15.5. The van der Waals surface area contributed by atoms with Crippen LogP contribution in [0.4, 0.5) is 10.4 Å². The number of benzene rings is 1. The smallest absolute Gasteiger partial charge is 0.295 e. The number of morpholine rings is 1. The molecule has 3 rings (SSSR count). The number of ether oxygens (including phenoxy) is 1. The molecule has 1 atom stereocenters. The molecule has 1 aromatic carbocycles. The minimum absolute atomic E-state index is 0.110. The van der Waals surface area contributed by atoms with E-state index < -0.39 is 0 Å². The monoisotopic (exact) mass is 307 g/mol. The summed E-state index contributed by atoms with van der Waals surface area (Å²) >= 11 is 0. The van der Waals surface area contributed by atoms with E-state index in [1.165, 1.54) is 12.1 Å². The molecule has 0 saturated carbocycles. The van der Waals surface area contributed by atoms with Gasteiger partial charge in [0.1, 0.15) is 11.3 Å². The second-order valence-electron chi connectivity index (χ2n) is 6.16. The summed E-state index contributed by atoms with van der Waals surface area (Å²) in [6.07, 6.45) is 0.110. The van der Waals surface area contributed by atoms with Crippen molar-refractivity contribution in [1.82, 2.24) is 9.88 Å². The van der Waals surface area contributed by atoms with Crippen molar-refractivity contribution in [3.63, 3.8) is 0 Å². The highest BCUT2D eigenvalue weighted by atomic mass is 19.1. The van der Waals surface area contributed by atoms with Crippen LogP contribution in [0.2, 0.25) is 0 Å². The van der Waals surface area contributed by atoms with E-state index in [0.717, 1.165) is 26.2 Å². The van der Waals surface area contributed by atoms with Crippen molar-refractivity contribution in [2.45, 2.75) is 20.0 Å².